The molecule has 0 aromatic carbocycles. The van der Waals surface area contributed by atoms with Crippen LogP contribution in [-0.4, -0.2) is 22.6 Å². The summed E-state index contributed by atoms with van der Waals surface area (Å²) in [6, 6.07) is 6.59. The molecule has 0 aliphatic rings. The second kappa shape index (κ2) is 7.36. The molecule has 0 amide bonds. The molecular weight excluding hydrogens is 254 g/mol. The number of hydrogen-bond acceptors (Lipinski definition) is 4. The molecule has 1 atom stereocenters. The third-order valence-electron chi connectivity index (χ3n) is 3.06. The summed E-state index contributed by atoms with van der Waals surface area (Å²) in [5, 5.41) is 6.90. The number of aryl methyl sites for hydroxylation is 2. The van der Waals surface area contributed by atoms with Gasteiger partial charge < -0.3 is 5.32 Å². The Kier molecular flexibility index (Phi) is 5.48. The van der Waals surface area contributed by atoms with E-state index in [4.69, 9.17) is 0 Å². The Balaban J connectivity index is 1.89. The number of thiazole rings is 1. The average Bonchev–Trinajstić information content (AvgIpc) is 2.83. The Morgan fingerprint density at radius 2 is 2.26 bits per heavy atom. The van der Waals surface area contributed by atoms with Crippen LogP contribution in [0.5, 0.6) is 0 Å². The van der Waals surface area contributed by atoms with Gasteiger partial charge in [0.1, 0.15) is 0 Å². The summed E-state index contributed by atoms with van der Waals surface area (Å²) in [7, 11) is 0. The van der Waals surface area contributed by atoms with Crippen molar-refractivity contribution >= 4 is 11.3 Å². The van der Waals surface area contributed by atoms with Gasteiger partial charge in [-0.25, -0.2) is 4.98 Å². The van der Waals surface area contributed by atoms with Crippen molar-refractivity contribution in [1.82, 2.24) is 15.3 Å². The molecule has 4 heteroatoms. The third-order valence-corrected chi connectivity index (χ3v) is 4.04. The fourth-order valence-corrected chi connectivity index (χ4v) is 2.99. The highest BCUT2D eigenvalue weighted by Gasteiger charge is 2.11. The first-order chi connectivity index (χ1) is 9.28. The van der Waals surface area contributed by atoms with Crippen LogP contribution in [0.4, 0.5) is 0 Å². The number of nitrogens with one attached hydrogen (secondary N) is 1. The molecule has 102 valence electrons. The van der Waals surface area contributed by atoms with Gasteiger partial charge >= 0.3 is 0 Å². The van der Waals surface area contributed by atoms with Crippen molar-refractivity contribution in [3.05, 3.63) is 46.2 Å². The second-order valence-corrected chi connectivity index (χ2v) is 5.64. The minimum Gasteiger partial charge on any atom is -0.314 e. The SMILES string of the molecule is CCNC(CCc1ccccn1)Cc1nc(C)cs1. The molecule has 0 fully saturated rings. The Morgan fingerprint density at radius 3 is 2.89 bits per heavy atom. The van der Waals surface area contributed by atoms with Gasteiger partial charge in [-0.1, -0.05) is 13.0 Å². The fraction of sp³-hybridized carbons (Fsp3) is 0.467. The number of nitrogens with zero attached hydrogens (tertiary/aromatic N) is 2. The molecule has 1 unspecified atom stereocenters. The van der Waals surface area contributed by atoms with Gasteiger partial charge in [0, 0.05) is 35.4 Å². The average molecular weight is 275 g/mol. The van der Waals surface area contributed by atoms with E-state index in [9.17, 15) is 0 Å². The first kappa shape index (κ1) is 14.2. The van der Waals surface area contributed by atoms with Crippen LogP contribution in [0.3, 0.4) is 0 Å². The number of likely N-dealkylation sites (N-methyl/N-ethyl adjacent to an activating group) is 1. The van der Waals surface area contributed by atoms with Crippen LogP contribution < -0.4 is 5.32 Å². The summed E-state index contributed by atoms with van der Waals surface area (Å²) < 4.78 is 0. The van der Waals surface area contributed by atoms with Crippen molar-refractivity contribution in [2.75, 3.05) is 6.54 Å². The smallest absolute Gasteiger partial charge is 0.0943 e. The monoisotopic (exact) mass is 275 g/mol. The molecule has 0 radical (unpaired) electrons. The summed E-state index contributed by atoms with van der Waals surface area (Å²) in [4.78, 5) is 8.93. The predicted octanol–water partition coefficient (Wildman–Crippen LogP) is 3.00. The molecule has 0 saturated heterocycles. The van der Waals surface area contributed by atoms with E-state index < -0.39 is 0 Å². The van der Waals surface area contributed by atoms with Crippen molar-refractivity contribution in [2.24, 2.45) is 0 Å². The van der Waals surface area contributed by atoms with Gasteiger partial charge in [0.05, 0.1) is 5.01 Å². The maximum absolute atomic E-state index is 4.55. The highest BCUT2D eigenvalue weighted by Crippen LogP contribution is 2.13. The van der Waals surface area contributed by atoms with Gasteiger partial charge in [-0.3, -0.25) is 4.98 Å². The van der Waals surface area contributed by atoms with Crippen molar-refractivity contribution < 1.29 is 0 Å². The topological polar surface area (TPSA) is 37.8 Å². The van der Waals surface area contributed by atoms with Crippen LogP contribution in [0.1, 0.15) is 29.7 Å². The standard InChI is InChI=1S/C15H21N3S/c1-3-16-14(10-15-18-12(2)11-19-15)8-7-13-6-4-5-9-17-13/h4-6,9,11,14,16H,3,7-8,10H2,1-2H3. The van der Waals surface area contributed by atoms with E-state index in [1.807, 2.05) is 12.3 Å². The maximum atomic E-state index is 4.55. The molecule has 19 heavy (non-hydrogen) atoms. The molecule has 0 saturated carbocycles. The van der Waals surface area contributed by atoms with Gasteiger partial charge in [0.15, 0.2) is 0 Å². The van der Waals surface area contributed by atoms with Gasteiger partial charge in [0.25, 0.3) is 0 Å². The highest BCUT2D eigenvalue weighted by atomic mass is 32.1. The molecule has 0 aliphatic heterocycles. The van der Waals surface area contributed by atoms with E-state index in [0.717, 1.165) is 31.5 Å². The molecule has 2 heterocycles. The number of hydrogen-bond donors (Lipinski definition) is 1. The summed E-state index contributed by atoms with van der Waals surface area (Å²) in [5.41, 5.74) is 2.29. The largest absolute Gasteiger partial charge is 0.314 e. The molecule has 0 bridgehead atoms. The quantitative estimate of drug-likeness (QED) is 0.844. The predicted molar refractivity (Wildman–Crippen MR) is 80.6 cm³/mol. The lowest BCUT2D eigenvalue weighted by Crippen LogP contribution is -2.31. The van der Waals surface area contributed by atoms with E-state index >= 15 is 0 Å². The van der Waals surface area contributed by atoms with Crippen LogP contribution in [0.25, 0.3) is 0 Å². The lowest BCUT2D eigenvalue weighted by atomic mass is 10.1. The zero-order chi connectivity index (χ0) is 13.5. The van der Waals surface area contributed by atoms with Gasteiger partial charge in [-0.05, 0) is 38.4 Å². The van der Waals surface area contributed by atoms with Gasteiger partial charge in [-0.15, -0.1) is 11.3 Å². The lowest BCUT2D eigenvalue weighted by Gasteiger charge is -2.16. The van der Waals surface area contributed by atoms with E-state index in [2.05, 4.69) is 46.6 Å². The second-order valence-electron chi connectivity index (χ2n) is 4.70. The fourth-order valence-electron chi connectivity index (χ4n) is 2.14. The Bertz CT molecular complexity index is 481. The molecule has 2 aromatic heterocycles. The first-order valence-electron chi connectivity index (χ1n) is 6.82. The van der Waals surface area contributed by atoms with Crippen LogP contribution in [0, 0.1) is 6.92 Å². The number of pyridine rings is 1. The molecule has 0 spiro atoms. The van der Waals surface area contributed by atoms with Crippen LogP contribution >= 0.6 is 11.3 Å². The molecule has 0 aliphatic carbocycles. The van der Waals surface area contributed by atoms with Crippen molar-refractivity contribution in [3.8, 4) is 0 Å². The minimum absolute atomic E-state index is 0.484. The van der Waals surface area contributed by atoms with Crippen molar-refractivity contribution in [3.63, 3.8) is 0 Å². The Labute approximate surface area is 119 Å². The van der Waals surface area contributed by atoms with Gasteiger partial charge in [-0.2, -0.15) is 0 Å². The lowest BCUT2D eigenvalue weighted by molar-refractivity contribution is 0.488. The molecule has 2 rings (SSSR count). The Morgan fingerprint density at radius 1 is 1.37 bits per heavy atom. The first-order valence-corrected chi connectivity index (χ1v) is 7.70. The Hall–Kier alpha value is -1.26. The summed E-state index contributed by atoms with van der Waals surface area (Å²) >= 11 is 1.76. The normalized spacial score (nSPS) is 12.5. The van der Waals surface area contributed by atoms with Crippen LogP contribution in [0.15, 0.2) is 29.8 Å². The van der Waals surface area contributed by atoms with E-state index in [-0.39, 0.29) is 0 Å². The van der Waals surface area contributed by atoms with Crippen LogP contribution in [0.2, 0.25) is 0 Å². The van der Waals surface area contributed by atoms with Crippen molar-refractivity contribution in [2.45, 2.75) is 39.2 Å². The summed E-state index contributed by atoms with van der Waals surface area (Å²) in [5.74, 6) is 0. The van der Waals surface area contributed by atoms with Gasteiger partial charge in [0.2, 0.25) is 0 Å². The van der Waals surface area contributed by atoms with E-state index in [1.54, 1.807) is 11.3 Å². The number of rotatable bonds is 7. The molecular formula is C15H21N3S. The van der Waals surface area contributed by atoms with Crippen LogP contribution in [-0.2, 0) is 12.8 Å². The minimum atomic E-state index is 0.484. The third kappa shape index (κ3) is 4.73. The van der Waals surface area contributed by atoms with E-state index in [1.165, 1.54) is 10.7 Å². The molecule has 1 N–H and O–H groups in total. The maximum Gasteiger partial charge on any atom is 0.0943 e. The van der Waals surface area contributed by atoms with Crippen molar-refractivity contribution in [1.29, 1.82) is 0 Å². The zero-order valence-corrected chi connectivity index (χ0v) is 12.4. The molecule has 2 aromatic rings. The zero-order valence-electron chi connectivity index (χ0n) is 11.6. The van der Waals surface area contributed by atoms with E-state index in [0.29, 0.717) is 6.04 Å². The summed E-state index contributed by atoms with van der Waals surface area (Å²) in [6.45, 7) is 5.20. The summed E-state index contributed by atoms with van der Waals surface area (Å²) in [6.07, 6.45) is 4.99. The molecule has 3 nitrogen and oxygen atoms in total. The number of aromatic nitrogens is 2. The highest BCUT2D eigenvalue weighted by molar-refractivity contribution is 7.09.